The molecule has 1 atom stereocenters. The van der Waals surface area contributed by atoms with Gasteiger partial charge >= 0.3 is 0 Å². The highest BCUT2D eigenvalue weighted by Gasteiger charge is 2.09. The van der Waals surface area contributed by atoms with Crippen LogP contribution in [0, 0.1) is 12.7 Å². The Hall–Kier alpha value is -1.79. The van der Waals surface area contributed by atoms with Gasteiger partial charge in [-0.05, 0) is 51.1 Å². The summed E-state index contributed by atoms with van der Waals surface area (Å²) in [5, 5.41) is 9.33. The third kappa shape index (κ3) is 6.46. The summed E-state index contributed by atoms with van der Waals surface area (Å²) in [6.07, 6.45) is 2.34. The van der Waals surface area contributed by atoms with Crippen LogP contribution in [0.2, 0.25) is 0 Å². The second-order valence-electron chi connectivity index (χ2n) is 5.60. The number of anilines is 1. The lowest BCUT2D eigenvalue weighted by Crippen LogP contribution is -2.31. The molecular weight excluding hydrogens is 313 g/mol. The van der Waals surface area contributed by atoms with E-state index >= 15 is 0 Å². The van der Waals surface area contributed by atoms with E-state index in [2.05, 4.69) is 21.0 Å². The zero-order chi connectivity index (χ0) is 16.7. The third-order valence-electron chi connectivity index (χ3n) is 3.35. The largest absolute Gasteiger partial charge is 0.326 e. The molecule has 0 unspecified atom stereocenters. The van der Waals surface area contributed by atoms with Crippen LogP contribution in [-0.4, -0.2) is 23.5 Å². The number of rotatable bonds is 8. The Bertz CT molecular complexity index is 627. The van der Waals surface area contributed by atoms with Gasteiger partial charge in [-0.15, -0.1) is 11.3 Å². The molecule has 0 saturated heterocycles. The molecule has 0 aliphatic rings. The van der Waals surface area contributed by atoms with E-state index in [1.54, 1.807) is 23.5 Å². The molecule has 0 radical (unpaired) electrons. The van der Waals surface area contributed by atoms with Crippen molar-refractivity contribution in [2.45, 2.75) is 39.2 Å². The number of aromatic nitrogens is 1. The van der Waals surface area contributed by atoms with E-state index in [1.165, 1.54) is 12.1 Å². The lowest BCUT2D eigenvalue weighted by Gasteiger charge is -2.13. The van der Waals surface area contributed by atoms with E-state index in [-0.39, 0.29) is 17.8 Å². The number of hydrogen-bond acceptors (Lipinski definition) is 4. The SMILES string of the molecule is Cc1csc(CCCN[C@H](C)CC(=O)Nc2ccc(F)cc2)n1. The highest BCUT2D eigenvalue weighted by atomic mass is 32.1. The van der Waals surface area contributed by atoms with Gasteiger partial charge in [-0.1, -0.05) is 0 Å². The molecule has 124 valence electrons. The van der Waals surface area contributed by atoms with E-state index in [9.17, 15) is 9.18 Å². The Kier molecular flexibility index (Phi) is 6.67. The average molecular weight is 335 g/mol. The molecule has 0 aliphatic carbocycles. The monoisotopic (exact) mass is 335 g/mol. The fourth-order valence-corrected chi connectivity index (χ4v) is 3.02. The van der Waals surface area contributed by atoms with Crippen molar-refractivity contribution >= 4 is 22.9 Å². The van der Waals surface area contributed by atoms with Crippen molar-refractivity contribution in [3.05, 3.63) is 46.2 Å². The normalized spacial score (nSPS) is 12.1. The fraction of sp³-hybridized carbons (Fsp3) is 0.412. The van der Waals surface area contributed by atoms with Crippen LogP contribution < -0.4 is 10.6 Å². The summed E-state index contributed by atoms with van der Waals surface area (Å²) < 4.78 is 12.8. The number of thiazole rings is 1. The van der Waals surface area contributed by atoms with Crippen LogP contribution in [0.5, 0.6) is 0 Å². The molecule has 0 bridgehead atoms. The predicted molar refractivity (Wildman–Crippen MR) is 92.3 cm³/mol. The number of hydrogen-bond donors (Lipinski definition) is 2. The van der Waals surface area contributed by atoms with Gasteiger partial charge in [0.05, 0.1) is 5.01 Å². The third-order valence-corrected chi connectivity index (χ3v) is 4.37. The van der Waals surface area contributed by atoms with Gasteiger partial charge in [-0.25, -0.2) is 9.37 Å². The van der Waals surface area contributed by atoms with Gasteiger partial charge in [0.2, 0.25) is 5.91 Å². The van der Waals surface area contributed by atoms with E-state index < -0.39 is 0 Å². The highest BCUT2D eigenvalue weighted by Crippen LogP contribution is 2.11. The van der Waals surface area contributed by atoms with Gasteiger partial charge in [-0.2, -0.15) is 0 Å². The van der Waals surface area contributed by atoms with E-state index in [0.29, 0.717) is 12.1 Å². The maximum Gasteiger partial charge on any atom is 0.225 e. The van der Waals surface area contributed by atoms with Gasteiger partial charge < -0.3 is 10.6 Å². The maximum absolute atomic E-state index is 12.8. The Morgan fingerprint density at radius 1 is 1.35 bits per heavy atom. The van der Waals surface area contributed by atoms with Crippen molar-refractivity contribution < 1.29 is 9.18 Å². The van der Waals surface area contributed by atoms with Crippen LogP contribution in [0.25, 0.3) is 0 Å². The van der Waals surface area contributed by atoms with Gasteiger partial charge in [0.15, 0.2) is 0 Å². The van der Waals surface area contributed by atoms with E-state index in [4.69, 9.17) is 0 Å². The Morgan fingerprint density at radius 2 is 2.09 bits per heavy atom. The molecule has 1 heterocycles. The lowest BCUT2D eigenvalue weighted by atomic mass is 10.2. The molecule has 0 saturated carbocycles. The summed E-state index contributed by atoms with van der Waals surface area (Å²) in [6.45, 7) is 4.83. The first-order chi connectivity index (χ1) is 11.0. The second-order valence-corrected chi connectivity index (χ2v) is 6.54. The molecule has 4 nitrogen and oxygen atoms in total. The summed E-state index contributed by atoms with van der Waals surface area (Å²) in [4.78, 5) is 16.3. The van der Waals surface area contributed by atoms with Crippen molar-refractivity contribution in [3.63, 3.8) is 0 Å². The van der Waals surface area contributed by atoms with Crippen molar-refractivity contribution in [1.29, 1.82) is 0 Å². The Labute approximate surface area is 140 Å². The molecular formula is C17H22FN3OS. The number of carbonyl (C=O) groups excluding carboxylic acids is 1. The highest BCUT2D eigenvalue weighted by molar-refractivity contribution is 7.09. The first-order valence-corrected chi connectivity index (χ1v) is 8.60. The van der Waals surface area contributed by atoms with Crippen LogP contribution in [0.4, 0.5) is 10.1 Å². The lowest BCUT2D eigenvalue weighted by molar-refractivity contribution is -0.116. The minimum atomic E-state index is -0.312. The van der Waals surface area contributed by atoms with Crippen molar-refractivity contribution in [1.82, 2.24) is 10.3 Å². The second kappa shape index (κ2) is 8.74. The van der Waals surface area contributed by atoms with Crippen LogP contribution in [-0.2, 0) is 11.2 Å². The van der Waals surface area contributed by atoms with Crippen LogP contribution in [0.15, 0.2) is 29.6 Å². The number of amides is 1. The number of nitrogens with one attached hydrogen (secondary N) is 2. The Morgan fingerprint density at radius 3 is 2.74 bits per heavy atom. The van der Waals surface area contributed by atoms with Crippen LogP contribution in [0.3, 0.4) is 0 Å². The zero-order valence-corrected chi connectivity index (χ0v) is 14.3. The van der Waals surface area contributed by atoms with Gasteiger partial charge in [0, 0.05) is 35.6 Å². The van der Waals surface area contributed by atoms with Gasteiger partial charge in [-0.3, -0.25) is 4.79 Å². The van der Waals surface area contributed by atoms with Crippen molar-refractivity contribution in [3.8, 4) is 0 Å². The molecule has 1 amide bonds. The minimum Gasteiger partial charge on any atom is -0.326 e. The summed E-state index contributed by atoms with van der Waals surface area (Å²) in [7, 11) is 0. The summed E-state index contributed by atoms with van der Waals surface area (Å²) in [6, 6.07) is 5.87. The summed E-state index contributed by atoms with van der Waals surface area (Å²) >= 11 is 1.69. The fourth-order valence-electron chi connectivity index (χ4n) is 2.20. The molecule has 6 heteroatoms. The molecule has 2 rings (SSSR count). The average Bonchev–Trinajstić information content (AvgIpc) is 2.91. The number of carbonyl (C=O) groups is 1. The molecule has 1 aromatic carbocycles. The summed E-state index contributed by atoms with van der Waals surface area (Å²) in [5.41, 5.74) is 1.69. The summed E-state index contributed by atoms with van der Waals surface area (Å²) in [5.74, 6) is -0.388. The molecule has 23 heavy (non-hydrogen) atoms. The molecule has 0 fully saturated rings. The molecule has 1 aromatic heterocycles. The first-order valence-electron chi connectivity index (χ1n) is 7.73. The van der Waals surface area contributed by atoms with Gasteiger partial charge in [0.25, 0.3) is 0 Å². The zero-order valence-electron chi connectivity index (χ0n) is 13.4. The van der Waals surface area contributed by atoms with E-state index in [1.807, 2.05) is 13.8 Å². The molecule has 2 N–H and O–H groups in total. The minimum absolute atomic E-state index is 0.0767. The van der Waals surface area contributed by atoms with Crippen molar-refractivity contribution in [2.75, 3.05) is 11.9 Å². The first kappa shape index (κ1) is 17.6. The van der Waals surface area contributed by atoms with Crippen LogP contribution >= 0.6 is 11.3 Å². The Balaban J connectivity index is 1.62. The molecule has 0 spiro atoms. The van der Waals surface area contributed by atoms with Crippen LogP contribution in [0.1, 0.15) is 30.5 Å². The predicted octanol–water partition coefficient (Wildman–Crippen LogP) is 3.53. The number of halogens is 1. The van der Waals surface area contributed by atoms with E-state index in [0.717, 1.165) is 30.1 Å². The topological polar surface area (TPSA) is 54.0 Å². The number of nitrogens with zero attached hydrogens (tertiary/aromatic N) is 1. The molecule has 0 aliphatic heterocycles. The number of aryl methyl sites for hydroxylation is 2. The standard InChI is InChI=1S/C17H22FN3OS/c1-12(19-9-3-4-17-20-13(2)11-23-17)10-16(22)21-15-7-5-14(18)6-8-15/h5-8,11-12,19H,3-4,9-10H2,1-2H3,(H,21,22)/t12-/m1/s1. The maximum atomic E-state index is 12.8. The van der Waals surface area contributed by atoms with Crippen molar-refractivity contribution in [2.24, 2.45) is 0 Å². The van der Waals surface area contributed by atoms with Gasteiger partial charge in [0.1, 0.15) is 5.82 Å². The smallest absolute Gasteiger partial charge is 0.225 e. The quantitative estimate of drug-likeness (QED) is 0.726. The number of benzene rings is 1. The molecule has 2 aromatic rings.